The fourth-order valence-electron chi connectivity index (χ4n) is 4.38. The first kappa shape index (κ1) is 15.6. The zero-order valence-electron chi connectivity index (χ0n) is 13.8. The molecule has 1 aliphatic carbocycles. The van der Waals surface area contributed by atoms with Crippen molar-refractivity contribution in [2.45, 2.75) is 43.6 Å². The van der Waals surface area contributed by atoms with Crippen molar-refractivity contribution in [3.8, 4) is 0 Å². The van der Waals surface area contributed by atoms with Crippen LogP contribution in [0.25, 0.3) is 0 Å². The van der Waals surface area contributed by atoms with Gasteiger partial charge in [-0.15, -0.1) is 0 Å². The quantitative estimate of drug-likeness (QED) is 0.743. The highest BCUT2D eigenvalue weighted by molar-refractivity contribution is 5.98. The average Bonchev–Trinajstić information content (AvgIpc) is 2.63. The van der Waals surface area contributed by atoms with E-state index in [2.05, 4.69) is 0 Å². The number of carbonyl (C=O) groups excluding carboxylic acids is 2. The van der Waals surface area contributed by atoms with Crippen molar-refractivity contribution in [3.05, 3.63) is 35.4 Å². The van der Waals surface area contributed by atoms with E-state index in [4.69, 9.17) is 9.47 Å². The van der Waals surface area contributed by atoms with Crippen LogP contribution in [0.15, 0.2) is 24.3 Å². The van der Waals surface area contributed by atoms with Crippen LogP contribution < -0.4 is 0 Å². The van der Waals surface area contributed by atoms with Gasteiger partial charge in [0.1, 0.15) is 11.5 Å². The number of benzene rings is 1. The Labute approximate surface area is 141 Å². The lowest BCUT2D eigenvalue weighted by atomic mass is 9.69. The first-order valence-corrected chi connectivity index (χ1v) is 8.90. The number of fused-ring (bicyclic) bond motifs is 1. The molecule has 1 aromatic carbocycles. The van der Waals surface area contributed by atoms with Crippen LogP contribution in [0.2, 0.25) is 0 Å². The van der Waals surface area contributed by atoms with Crippen LogP contribution in [-0.2, 0) is 14.3 Å². The SMILES string of the molecule is O=C1OC2(CCCCC2)C(C(=O)N2CCOCC2)c2ccccc21. The van der Waals surface area contributed by atoms with Crippen LogP contribution >= 0.6 is 0 Å². The topological polar surface area (TPSA) is 55.8 Å². The first-order valence-electron chi connectivity index (χ1n) is 8.90. The van der Waals surface area contributed by atoms with E-state index in [1.54, 1.807) is 6.07 Å². The minimum absolute atomic E-state index is 0.0835. The first-order chi connectivity index (χ1) is 11.7. The predicted molar refractivity (Wildman–Crippen MR) is 87.8 cm³/mol. The molecule has 2 fully saturated rings. The molecule has 2 aliphatic heterocycles. The van der Waals surface area contributed by atoms with Gasteiger partial charge in [0.15, 0.2) is 0 Å². The molecular weight excluding hydrogens is 306 g/mol. The minimum atomic E-state index is -0.668. The molecule has 1 amide bonds. The molecule has 0 radical (unpaired) electrons. The molecule has 2 heterocycles. The summed E-state index contributed by atoms with van der Waals surface area (Å²) in [6.45, 7) is 2.38. The predicted octanol–water partition coefficient (Wildman–Crippen LogP) is 2.50. The zero-order chi connectivity index (χ0) is 16.6. The summed E-state index contributed by atoms with van der Waals surface area (Å²) in [5, 5.41) is 0. The van der Waals surface area contributed by atoms with Crippen LogP contribution in [0.4, 0.5) is 0 Å². The van der Waals surface area contributed by atoms with E-state index < -0.39 is 5.60 Å². The largest absolute Gasteiger partial charge is 0.454 e. The molecule has 3 aliphatic rings. The highest BCUT2D eigenvalue weighted by Gasteiger charge is 2.53. The molecule has 1 aromatic rings. The normalized spacial score (nSPS) is 25.9. The molecule has 1 saturated heterocycles. The van der Waals surface area contributed by atoms with E-state index in [0.717, 1.165) is 37.7 Å². The molecule has 5 heteroatoms. The van der Waals surface area contributed by atoms with Crippen LogP contribution in [-0.4, -0.2) is 48.7 Å². The second kappa shape index (κ2) is 6.20. The Morgan fingerprint density at radius 1 is 1.08 bits per heavy atom. The zero-order valence-corrected chi connectivity index (χ0v) is 13.8. The number of hydrogen-bond donors (Lipinski definition) is 0. The fraction of sp³-hybridized carbons (Fsp3) is 0.579. The molecule has 128 valence electrons. The second-order valence-electron chi connectivity index (χ2n) is 6.97. The number of esters is 1. The number of carbonyl (C=O) groups is 2. The maximum atomic E-state index is 13.4. The fourth-order valence-corrected chi connectivity index (χ4v) is 4.38. The van der Waals surface area contributed by atoms with Crippen molar-refractivity contribution in [2.75, 3.05) is 26.3 Å². The average molecular weight is 329 g/mol. The molecule has 1 saturated carbocycles. The van der Waals surface area contributed by atoms with E-state index in [1.165, 1.54) is 0 Å². The van der Waals surface area contributed by atoms with Gasteiger partial charge in [0.2, 0.25) is 5.91 Å². The molecule has 0 aromatic heterocycles. The summed E-state index contributed by atoms with van der Waals surface area (Å²) in [4.78, 5) is 27.8. The van der Waals surface area contributed by atoms with E-state index in [9.17, 15) is 9.59 Å². The molecule has 4 rings (SSSR count). The number of rotatable bonds is 1. The summed E-state index contributed by atoms with van der Waals surface area (Å²) in [5.41, 5.74) is 0.714. The highest BCUT2D eigenvalue weighted by Crippen LogP contribution is 2.48. The van der Waals surface area contributed by atoms with Crippen molar-refractivity contribution in [3.63, 3.8) is 0 Å². The van der Waals surface area contributed by atoms with Gasteiger partial charge in [-0.1, -0.05) is 24.6 Å². The lowest BCUT2D eigenvalue weighted by Gasteiger charge is -2.47. The van der Waals surface area contributed by atoms with Crippen LogP contribution in [0.1, 0.15) is 53.9 Å². The van der Waals surface area contributed by atoms with Gasteiger partial charge in [-0.05, 0) is 37.3 Å². The van der Waals surface area contributed by atoms with Gasteiger partial charge >= 0.3 is 5.97 Å². The highest BCUT2D eigenvalue weighted by atomic mass is 16.6. The van der Waals surface area contributed by atoms with Gasteiger partial charge in [0.25, 0.3) is 0 Å². The van der Waals surface area contributed by atoms with Crippen molar-refractivity contribution in [2.24, 2.45) is 0 Å². The molecule has 1 spiro atoms. The van der Waals surface area contributed by atoms with Crippen molar-refractivity contribution in [1.29, 1.82) is 0 Å². The third-order valence-electron chi connectivity index (χ3n) is 5.58. The maximum absolute atomic E-state index is 13.4. The smallest absolute Gasteiger partial charge is 0.339 e. The van der Waals surface area contributed by atoms with E-state index in [1.807, 2.05) is 23.1 Å². The van der Waals surface area contributed by atoms with Crippen LogP contribution in [0.3, 0.4) is 0 Å². The number of ether oxygens (including phenoxy) is 2. The van der Waals surface area contributed by atoms with E-state index in [-0.39, 0.29) is 17.8 Å². The monoisotopic (exact) mass is 329 g/mol. The third kappa shape index (κ3) is 2.51. The number of hydrogen-bond acceptors (Lipinski definition) is 4. The molecule has 5 nitrogen and oxygen atoms in total. The Balaban J connectivity index is 1.77. The van der Waals surface area contributed by atoms with Gasteiger partial charge in [0, 0.05) is 13.1 Å². The number of nitrogens with zero attached hydrogens (tertiary/aromatic N) is 1. The van der Waals surface area contributed by atoms with Crippen LogP contribution in [0, 0.1) is 0 Å². The van der Waals surface area contributed by atoms with Crippen molar-refractivity contribution < 1.29 is 19.1 Å². The molecule has 24 heavy (non-hydrogen) atoms. The standard InChI is InChI=1S/C19H23NO4/c21-17(20-10-12-23-13-11-20)16-14-6-2-3-7-15(14)18(22)24-19(16)8-4-1-5-9-19/h2-3,6-7,16H,1,4-5,8-13H2. The molecule has 1 atom stereocenters. The number of amides is 1. The van der Waals surface area contributed by atoms with Crippen molar-refractivity contribution >= 4 is 11.9 Å². The summed E-state index contributed by atoms with van der Waals surface area (Å²) >= 11 is 0. The van der Waals surface area contributed by atoms with Crippen molar-refractivity contribution in [1.82, 2.24) is 4.90 Å². The molecule has 0 N–H and O–H groups in total. The summed E-state index contributed by atoms with van der Waals surface area (Å²) in [7, 11) is 0. The summed E-state index contributed by atoms with van der Waals surface area (Å²) in [6, 6.07) is 7.44. The Hall–Kier alpha value is -1.88. The van der Waals surface area contributed by atoms with Gasteiger partial charge < -0.3 is 14.4 Å². The Morgan fingerprint density at radius 2 is 1.79 bits per heavy atom. The summed E-state index contributed by atoms with van der Waals surface area (Å²) < 4.78 is 11.3. The molecule has 0 bridgehead atoms. The van der Waals surface area contributed by atoms with Gasteiger partial charge in [-0.2, -0.15) is 0 Å². The molecular formula is C19H23NO4. The lowest BCUT2D eigenvalue weighted by molar-refractivity contribution is -0.147. The lowest BCUT2D eigenvalue weighted by Crippen LogP contribution is -2.54. The molecule has 1 unspecified atom stereocenters. The summed E-state index contributed by atoms with van der Waals surface area (Å²) in [5.74, 6) is -0.580. The Kier molecular flexibility index (Phi) is 4.04. The maximum Gasteiger partial charge on any atom is 0.339 e. The van der Waals surface area contributed by atoms with Gasteiger partial charge in [-0.25, -0.2) is 4.79 Å². The van der Waals surface area contributed by atoms with E-state index >= 15 is 0 Å². The Bertz CT molecular complexity index is 645. The Morgan fingerprint density at radius 3 is 2.54 bits per heavy atom. The van der Waals surface area contributed by atoms with Crippen LogP contribution in [0.5, 0.6) is 0 Å². The van der Waals surface area contributed by atoms with Gasteiger partial charge in [-0.3, -0.25) is 4.79 Å². The van der Waals surface area contributed by atoms with Gasteiger partial charge in [0.05, 0.1) is 18.8 Å². The second-order valence-corrected chi connectivity index (χ2v) is 6.97. The minimum Gasteiger partial charge on any atom is -0.454 e. The summed E-state index contributed by atoms with van der Waals surface area (Å²) in [6.07, 6.45) is 4.69. The van der Waals surface area contributed by atoms with E-state index in [0.29, 0.717) is 31.9 Å². The number of morpholine rings is 1. The third-order valence-corrected chi connectivity index (χ3v) is 5.58.